The number of nitrogens with zero attached hydrogens (tertiary/aromatic N) is 3. The first-order valence-electron chi connectivity index (χ1n) is 11.3. The normalized spacial score (nSPS) is 15.2. The number of amides is 1. The second kappa shape index (κ2) is 11.5. The third-order valence-corrected chi connectivity index (χ3v) is 9.13. The van der Waals surface area contributed by atoms with Crippen LogP contribution in [0.5, 0.6) is 0 Å². The van der Waals surface area contributed by atoms with Crippen molar-refractivity contribution in [3.05, 3.63) is 35.7 Å². The Morgan fingerprint density at radius 3 is 2.64 bits per heavy atom. The van der Waals surface area contributed by atoms with E-state index in [-0.39, 0.29) is 22.6 Å². The van der Waals surface area contributed by atoms with E-state index in [1.807, 2.05) is 18.4 Å². The van der Waals surface area contributed by atoms with Gasteiger partial charge in [0.05, 0.1) is 23.7 Å². The molecule has 1 aromatic heterocycles. The molecular formula is C23H34N4O4S2. The lowest BCUT2D eigenvalue weighted by Gasteiger charge is -2.30. The summed E-state index contributed by atoms with van der Waals surface area (Å²) >= 11 is 1.33. The average molecular weight is 495 g/mol. The van der Waals surface area contributed by atoms with Gasteiger partial charge in [0.15, 0.2) is 5.16 Å². The maximum absolute atomic E-state index is 13.3. The Labute approximate surface area is 201 Å². The maximum atomic E-state index is 13.3. The minimum Gasteiger partial charge on any atom is -0.383 e. The van der Waals surface area contributed by atoms with Crippen molar-refractivity contribution in [1.82, 2.24) is 13.9 Å². The summed E-state index contributed by atoms with van der Waals surface area (Å²) in [7, 11) is -0.427. The van der Waals surface area contributed by atoms with Crippen LogP contribution in [0.3, 0.4) is 0 Å². The van der Waals surface area contributed by atoms with E-state index >= 15 is 0 Å². The van der Waals surface area contributed by atoms with Gasteiger partial charge in [0.1, 0.15) is 4.90 Å². The molecular weight excluding hydrogens is 460 g/mol. The van der Waals surface area contributed by atoms with E-state index in [1.54, 1.807) is 38.4 Å². The zero-order valence-electron chi connectivity index (χ0n) is 19.8. The highest BCUT2D eigenvalue weighted by Gasteiger charge is 2.31. The molecule has 0 bridgehead atoms. The molecule has 33 heavy (non-hydrogen) atoms. The summed E-state index contributed by atoms with van der Waals surface area (Å²) in [5, 5.41) is 3.55. The molecule has 2 aromatic rings. The third-order valence-electron chi connectivity index (χ3n) is 6.18. The van der Waals surface area contributed by atoms with Crippen molar-refractivity contribution in [3.63, 3.8) is 0 Å². The van der Waals surface area contributed by atoms with Crippen molar-refractivity contribution >= 4 is 33.4 Å². The van der Waals surface area contributed by atoms with E-state index in [4.69, 9.17) is 4.74 Å². The summed E-state index contributed by atoms with van der Waals surface area (Å²) < 4.78 is 35.4. The number of para-hydroxylation sites is 1. The Balaban J connectivity index is 1.71. The first kappa shape index (κ1) is 25.7. The summed E-state index contributed by atoms with van der Waals surface area (Å²) in [6.07, 6.45) is 4.97. The average Bonchev–Trinajstić information content (AvgIpc) is 3.09. The van der Waals surface area contributed by atoms with Gasteiger partial charge in [-0.2, -0.15) is 4.31 Å². The van der Waals surface area contributed by atoms with Crippen molar-refractivity contribution in [1.29, 1.82) is 0 Å². The van der Waals surface area contributed by atoms with Gasteiger partial charge < -0.3 is 14.6 Å². The van der Waals surface area contributed by atoms with Crippen LogP contribution in [-0.2, 0) is 26.1 Å². The number of benzene rings is 1. The third kappa shape index (κ3) is 6.17. The van der Waals surface area contributed by atoms with Crippen LogP contribution >= 0.6 is 11.8 Å². The SMILES string of the molecule is COCCn1c(SCC(=O)Nc2ccccc2S(=O)(=O)N(C)C2CCCCC2)nc(C)c1C. The van der Waals surface area contributed by atoms with Gasteiger partial charge in [-0.3, -0.25) is 4.79 Å². The molecule has 1 fully saturated rings. The number of carbonyl (C=O) groups is 1. The molecule has 0 atom stereocenters. The molecule has 1 aliphatic rings. The minimum atomic E-state index is -3.72. The Morgan fingerprint density at radius 2 is 1.94 bits per heavy atom. The fourth-order valence-corrected chi connectivity index (χ4v) is 6.57. The van der Waals surface area contributed by atoms with Gasteiger partial charge in [0.2, 0.25) is 15.9 Å². The van der Waals surface area contributed by atoms with Crippen LogP contribution in [0.15, 0.2) is 34.3 Å². The molecule has 0 spiro atoms. The second-order valence-electron chi connectivity index (χ2n) is 8.36. The van der Waals surface area contributed by atoms with Crippen LogP contribution in [-0.4, -0.2) is 60.7 Å². The highest BCUT2D eigenvalue weighted by Crippen LogP contribution is 2.30. The zero-order chi connectivity index (χ0) is 24.0. The standard InChI is InChI=1S/C23H34N4O4S2/c1-17-18(2)27(14-15-31-4)23(24-17)32-16-22(28)25-20-12-8-9-13-21(20)33(29,30)26(3)19-10-6-5-7-11-19/h8-9,12-13,19H,5-7,10-11,14-16H2,1-4H3,(H,25,28). The second-order valence-corrected chi connectivity index (χ2v) is 11.3. The fourth-order valence-electron chi connectivity index (χ4n) is 4.09. The number of anilines is 1. The number of hydrogen-bond donors (Lipinski definition) is 1. The highest BCUT2D eigenvalue weighted by molar-refractivity contribution is 7.99. The van der Waals surface area contributed by atoms with E-state index in [9.17, 15) is 13.2 Å². The molecule has 1 N–H and O–H groups in total. The van der Waals surface area contributed by atoms with Gasteiger partial charge in [-0.05, 0) is 38.8 Å². The lowest BCUT2D eigenvalue weighted by Crippen LogP contribution is -2.38. The molecule has 0 radical (unpaired) electrons. The monoisotopic (exact) mass is 494 g/mol. The maximum Gasteiger partial charge on any atom is 0.245 e. The van der Waals surface area contributed by atoms with Crippen LogP contribution < -0.4 is 5.32 Å². The Bertz CT molecular complexity index is 1060. The smallest absolute Gasteiger partial charge is 0.245 e. The molecule has 1 saturated carbocycles. The number of aromatic nitrogens is 2. The van der Waals surface area contributed by atoms with Gasteiger partial charge in [-0.15, -0.1) is 0 Å². The number of nitrogens with one attached hydrogen (secondary N) is 1. The summed E-state index contributed by atoms with van der Waals surface area (Å²) in [6, 6.07) is 6.61. The van der Waals surface area contributed by atoms with Crippen molar-refractivity contribution in [2.75, 3.05) is 31.8 Å². The van der Waals surface area contributed by atoms with Crippen molar-refractivity contribution in [2.24, 2.45) is 0 Å². The van der Waals surface area contributed by atoms with Crippen molar-refractivity contribution < 1.29 is 17.9 Å². The predicted octanol–water partition coefficient (Wildman–Crippen LogP) is 3.83. The first-order chi connectivity index (χ1) is 15.8. The van der Waals surface area contributed by atoms with E-state index < -0.39 is 10.0 Å². The summed E-state index contributed by atoms with van der Waals surface area (Å²) in [5.41, 5.74) is 2.26. The van der Waals surface area contributed by atoms with E-state index in [0.717, 1.165) is 48.6 Å². The van der Waals surface area contributed by atoms with Crippen LogP contribution in [0.25, 0.3) is 0 Å². The van der Waals surface area contributed by atoms with Crippen LogP contribution in [0.2, 0.25) is 0 Å². The van der Waals surface area contributed by atoms with Crippen molar-refractivity contribution in [2.45, 2.75) is 68.6 Å². The van der Waals surface area contributed by atoms with Crippen LogP contribution in [0.1, 0.15) is 43.5 Å². The summed E-state index contributed by atoms with van der Waals surface area (Å²) in [5.74, 6) is -0.157. The van der Waals surface area contributed by atoms with E-state index in [1.165, 1.54) is 16.1 Å². The topological polar surface area (TPSA) is 93.5 Å². The first-order valence-corrected chi connectivity index (χ1v) is 13.7. The number of methoxy groups -OCH3 is 1. The highest BCUT2D eigenvalue weighted by atomic mass is 32.2. The molecule has 0 unspecified atom stereocenters. The zero-order valence-corrected chi connectivity index (χ0v) is 21.5. The van der Waals surface area contributed by atoms with Gasteiger partial charge in [-0.25, -0.2) is 13.4 Å². The Hall–Kier alpha value is -1.88. The minimum absolute atomic E-state index is 0.000467. The molecule has 182 valence electrons. The number of rotatable bonds is 10. The van der Waals surface area contributed by atoms with E-state index in [2.05, 4.69) is 10.3 Å². The molecule has 1 amide bonds. The van der Waals surface area contributed by atoms with Gasteiger partial charge in [0.25, 0.3) is 0 Å². The lowest BCUT2D eigenvalue weighted by atomic mass is 9.96. The molecule has 0 aliphatic heterocycles. The fraction of sp³-hybridized carbons (Fsp3) is 0.565. The number of aryl methyl sites for hydroxylation is 1. The molecule has 1 heterocycles. The summed E-state index contributed by atoms with van der Waals surface area (Å²) in [6.45, 7) is 5.14. The van der Waals surface area contributed by atoms with E-state index in [0.29, 0.717) is 18.8 Å². The lowest BCUT2D eigenvalue weighted by molar-refractivity contribution is -0.113. The number of hydrogen-bond acceptors (Lipinski definition) is 6. The van der Waals surface area contributed by atoms with Crippen molar-refractivity contribution in [3.8, 4) is 0 Å². The molecule has 1 aromatic carbocycles. The van der Waals surface area contributed by atoms with Gasteiger partial charge >= 0.3 is 0 Å². The van der Waals surface area contributed by atoms with Crippen LogP contribution in [0.4, 0.5) is 5.69 Å². The number of sulfonamides is 1. The molecule has 1 aliphatic carbocycles. The quantitative estimate of drug-likeness (QED) is 0.505. The Kier molecular flexibility index (Phi) is 8.97. The predicted molar refractivity (Wildman–Crippen MR) is 131 cm³/mol. The number of imidazole rings is 1. The van der Waals surface area contributed by atoms with Gasteiger partial charge in [-0.1, -0.05) is 43.2 Å². The van der Waals surface area contributed by atoms with Gasteiger partial charge in [0, 0.05) is 32.4 Å². The molecule has 8 nitrogen and oxygen atoms in total. The summed E-state index contributed by atoms with van der Waals surface area (Å²) in [4.78, 5) is 17.4. The largest absolute Gasteiger partial charge is 0.383 e. The number of carbonyl (C=O) groups excluding carboxylic acids is 1. The number of ether oxygens (including phenoxy) is 1. The molecule has 10 heteroatoms. The molecule has 3 rings (SSSR count). The number of thioether (sulfide) groups is 1. The Morgan fingerprint density at radius 1 is 1.24 bits per heavy atom. The molecule has 0 saturated heterocycles. The van der Waals surface area contributed by atoms with Crippen LogP contribution in [0, 0.1) is 13.8 Å².